The largest absolute Gasteiger partial charge is 0.464 e. The zero-order valence-electron chi connectivity index (χ0n) is 32.5. The summed E-state index contributed by atoms with van der Waals surface area (Å²) in [5, 5.41) is 10.8. The van der Waals surface area contributed by atoms with Gasteiger partial charge >= 0.3 is 18.2 Å². The topological polar surface area (TPSA) is 151 Å². The molecule has 3 N–H and O–H groups in total. The van der Waals surface area contributed by atoms with Gasteiger partial charge in [-0.15, -0.1) is 0 Å². The molecule has 1 aliphatic carbocycles. The highest BCUT2D eigenvalue weighted by molar-refractivity contribution is 5.86. The molecule has 56 heavy (non-hydrogen) atoms. The molecule has 3 aliphatic rings. The maximum Gasteiger partial charge on any atom is 0.407 e. The van der Waals surface area contributed by atoms with E-state index < -0.39 is 48.3 Å². The highest BCUT2D eigenvalue weighted by Crippen LogP contribution is 2.41. The van der Waals surface area contributed by atoms with Gasteiger partial charge in [-0.2, -0.15) is 0 Å². The number of ether oxygens (including phenoxy) is 5. The Labute approximate surface area is 329 Å². The smallest absolute Gasteiger partial charge is 0.407 e. The maximum absolute atomic E-state index is 13.3. The van der Waals surface area contributed by atoms with Crippen LogP contribution in [0.25, 0.3) is 10.8 Å². The summed E-state index contributed by atoms with van der Waals surface area (Å²) in [4.78, 5) is 52.0. The molecule has 3 fully saturated rings. The predicted octanol–water partition coefficient (Wildman–Crippen LogP) is 7.26. The van der Waals surface area contributed by atoms with Gasteiger partial charge in [0.25, 0.3) is 0 Å². The van der Waals surface area contributed by atoms with E-state index >= 15 is 0 Å². The van der Waals surface area contributed by atoms with Gasteiger partial charge in [0.1, 0.15) is 18.8 Å². The van der Waals surface area contributed by atoms with Crippen LogP contribution in [-0.2, 0) is 46.2 Å². The second-order valence-electron chi connectivity index (χ2n) is 15.3. The fraction of sp³-hybridized carbons (Fsp3) is 0.545. The van der Waals surface area contributed by atoms with Crippen molar-refractivity contribution >= 4 is 34.8 Å². The van der Waals surface area contributed by atoms with Gasteiger partial charge in [-0.1, -0.05) is 92.1 Å². The first-order valence-electron chi connectivity index (χ1n) is 20.4. The fourth-order valence-corrected chi connectivity index (χ4v) is 8.26. The van der Waals surface area contributed by atoms with Crippen LogP contribution < -0.4 is 16.0 Å². The summed E-state index contributed by atoms with van der Waals surface area (Å²) in [6, 6.07) is 22.6. The second-order valence-corrected chi connectivity index (χ2v) is 15.3. The Bertz CT molecular complexity index is 1740. The summed E-state index contributed by atoms with van der Waals surface area (Å²) >= 11 is 0. The molecular weight excluding hydrogens is 714 g/mol. The molecule has 3 aromatic carbocycles. The number of carbonyl (C=O) groups is 4. The van der Waals surface area contributed by atoms with Gasteiger partial charge in [-0.25, -0.2) is 14.4 Å². The van der Waals surface area contributed by atoms with Gasteiger partial charge < -0.3 is 39.6 Å². The summed E-state index contributed by atoms with van der Waals surface area (Å²) in [6.07, 6.45) is 6.75. The van der Waals surface area contributed by atoms with Crippen molar-refractivity contribution < 1.29 is 42.9 Å². The first-order chi connectivity index (χ1) is 27.3. The lowest BCUT2D eigenvalue weighted by molar-refractivity contribution is -0.329. The molecule has 5 atom stereocenters. The number of fused-ring (bicyclic) bond motifs is 1. The monoisotopic (exact) mass is 771 g/mol. The molecule has 3 amide bonds. The molecule has 1 saturated carbocycles. The number of hydrogen-bond acceptors (Lipinski definition) is 9. The van der Waals surface area contributed by atoms with Crippen molar-refractivity contribution in [3.8, 4) is 0 Å². The lowest BCUT2D eigenvalue weighted by Crippen LogP contribution is -2.54. The average Bonchev–Trinajstić information content (AvgIpc) is 3.21. The molecule has 2 heterocycles. The number of amides is 3. The average molecular weight is 772 g/mol. The van der Waals surface area contributed by atoms with E-state index in [2.05, 4.69) is 16.0 Å². The summed E-state index contributed by atoms with van der Waals surface area (Å²) in [6.45, 7) is 2.91. The Hall–Kier alpha value is -4.68. The quantitative estimate of drug-likeness (QED) is 0.107. The van der Waals surface area contributed by atoms with Crippen LogP contribution in [0.5, 0.6) is 0 Å². The van der Waals surface area contributed by atoms with Crippen LogP contribution in [0.1, 0.15) is 95.1 Å². The number of benzene rings is 3. The van der Waals surface area contributed by atoms with Crippen molar-refractivity contribution in [1.29, 1.82) is 0 Å². The molecule has 0 radical (unpaired) electrons. The van der Waals surface area contributed by atoms with Crippen molar-refractivity contribution in [2.45, 2.75) is 127 Å². The van der Waals surface area contributed by atoms with Gasteiger partial charge in [0.2, 0.25) is 5.91 Å². The minimum atomic E-state index is -1.09. The van der Waals surface area contributed by atoms with Gasteiger partial charge in [0.05, 0.1) is 18.8 Å². The van der Waals surface area contributed by atoms with Crippen molar-refractivity contribution in [2.24, 2.45) is 5.92 Å². The molecule has 0 aromatic heterocycles. The van der Waals surface area contributed by atoms with E-state index in [1.807, 2.05) is 72.8 Å². The van der Waals surface area contributed by atoms with Gasteiger partial charge in [-0.3, -0.25) is 4.79 Å². The Morgan fingerprint density at radius 1 is 0.821 bits per heavy atom. The Balaban J connectivity index is 1.08. The standard InChI is InChI=1S/C44H57N3O9/c1-2-52-41(49)39(25-31-13-5-3-6-14-31)47-40(48)23-22-35-26-37(54-43(51)46-29-34-19-11-18-33-17-9-10-21-38(33)34)27-44(55-35)24-12-20-36(56-44)30-53-42(50)45-28-32-15-7-4-8-16-32/h3,5-6,9-11,13-14,17-19,21,32,35-37,39H,2,4,7-8,12,15-16,20,22-30H2,1H3,(H,45,50)(H,46,51)(H,47,48)/t35-,36-,37-,39+,44+/m1/s1. The Morgan fingerprint density at radius 3 is 2.41 bits per heavy atom. The predicted molar refractivity (Wildman–Crippen MR) is 210 cm³/mol. The zero-order valence-corrected chi connectivity index (χ0v) is 32.5. The van der Waals surface area contributed by atoms with Crippen LogP contribution in [0.4, 0.5) is 9.59 Å². The van der Waals surface area contributed by atoms with Gasteiger partial charge in [0, 0.05) is 45.2 Å². The molecule has 3 aromatic rings. The normalized spacial score (nSPS) is 23.1. The van der Waals surface area contributed by atoms with E-state index in [1.54, 1.807) is 6.92 Å². The SMILES string of the molecule is CCOC(=O)[C@H](Cc1ccccc1)NC(=O)CC[C@@H]1C[C@@H](OC(=O)NCc2cccc3ccccc23)C[C@@]2(CCC[C@H](COC(=O)NCC3CCCCC3)O2)O1. The molecule has 2 aliphatic heterocycles. The molecule has 0 unspecified atom stereocenters. The lowest BCUT2D eigenvalue weighted by Gasteiger charge is -2.47. The lowest BCUT2D eigenvalue weighted by atomic mass is 9.89. The van der Waals surface area contributed by atoms with Crippen LogP contribution in [0.15, 0.2) is 72.8 Å². The third-order valence-corrected chi connectivity index (χ3v) is 11.0. The summed E-state index contributed by atoms with van der Waals surface area (Å²) in [5.74, 6) is -1.41. The number of carbonyl (C=O) groups excluding carboxylic acids is 4. The first-order valence-corrected chi connectivity index (χ1v) is 20.4. The molecule has 6 rings (SSSR count). The second kappa shape index (κ2) is 20.5. The number of esters is 1. The van der Waals surface area contributed by atoms with E-state index in [4.69, 9.17) is 23.7 Å². The molecule has 12 nitrogen and oxygen atoms in total. The van der Waals surface area contributed by atoms with Crippen LogP contribution >= 0.6 is 0 Å². The Kier molecular flexibility index (Phi) is 15.0. The highest BCUT2D eigenvalue weighted by atomic mass is 16.7. The van der Waals surface area contributed by atoms with Crippen molar-refractivity contribution in [1.82, 2.24) is 16.0 Å². The van der Waals surface area contributed by atoms with Crippen molar-refractivity contribution in [3.63, 3.8) is 0 Å². The number of nitrogens with one attached hydrogen (secondary N) is 3. The molecule has 12 heteroatoms. The third kappa shape index (κ3) is 12.2. The summed E-state index contributed by atoms with van der Waals surface area (Å²) < 4.78 is 30.1. The molecule has 302 valence electrons. The zero-order chi connectivity index (χ0) is 39.2. The van der Waals surface area contributed by atoms with Crippen LogP contribution in [-0.4, -0.2) is 74.0 Å². The minimum Gasteiger partial charge on any atom is -0.464 e. The third-order valence-electron chi connectivity index (χ3n) is 11.0. The number of rotatable bonds is 15. The molecule has 0 bridgehead atoms. The number of hydrogen-bond donors (Lipinski definition) is 3. The van der Waals surface area contributed by atoms with E-state index in [1.165, 1.54) is 19.3 Å². The highest BCUT2D eigenvalue weighted by Gasteiger charge is 2.47. The molecule has 1 spiro atoms. The summed E-state index contributed by atoms with van der Waals surface area (Å²) in [7, 11) is 0. The van der Waals surface area contributed by atoms with E-state index in [0.29, 0.717) is 57.5 Å². The van der Waals surface area contributed by atoms with Crippen molar-refractivity contribution in [3.05, 3.63) is 83.9 Å². The van der Waals surface area contributed by atoms with E-state index in [0.717, 1.165) is 41.2 Å². The first kappa shape index (κ1) is 41.0. The van der Waals surface area contributed by atoms with E-state index in [9.17, 15) is 19.2 Å². The van der Waals surface area contributed by atoms with Crippen LogP contribution in [0, 0.1) is 5.92 Å². The van der Waals surface area contributed by atoms with Crippen molar-refractivity contribution in [2.75, 3.05) is 19.8 Å². The van der Waals surface area contributed by atoms with E-state index in [-0.39, 0.29) is 25.5 Å². The molecule has 2 saturated heterocycles. The maximum atomic E-state index is 13.3. The van der Waals surface area contributed by atoms with Crippen LogP contribution in [0.2, 0.25) is 0 Å². The fourth-order valence-electron chi connectivity index (χ4n) is 8.26. The minimum absolute atomic E-state index is 0.0686. The Morgan fingerprint density at radius 2 is 1.59 bits per heavy atom. The molecular formula is C44H57N3O9. The summed E-state index contributed by atoms with van der Waals surface area (Å²) in [5.41, 5.74) is 1.87. The van der Waals surface area contributed by atoms with Gasteiger partial charge in [-0.05, 0) is 66.8 Å². The van der Waals surface area contributed by atoms with Crippen LogP contribution in [0.3, 0.4) is 0 Å². The van der Waals surface area contributed by atoms with Gasteiger partial charge in [0.15, 0.2) is 5.79 Å². The number of alkyl carbamates (subject to hydrolysis) is 2.